The van der Waals surface area contributed by atoms with Crippen LogP contribution in [0.3, 0.4) is 0 Å². The Labute approximate surface area is 119 Å². The van der Waals surface area contributed by atoms with Gasteiger partial charge in [0.05, 0.1) is 12.0 Å². The first kappa shape index (κ1) is 14.1. The first-order valence-electron chi connectivity index (χ1n) is 5.80. The van der Waals surface area contributed by atoms with Crippen molar-refractivity contribution in [1.29, 1.82) is 0 Å². The molecule has 2 aromatic rings. The number of rotatable bonds is 4. The molecular weight excluding hydrogens is 278 g/mol. The number of hydrogen-bond acceptors (Lipinski definition) is 4. The van der Waals surface area contributed by atoms with Crippen molar-refractivity contribution in [3.63, 3.8) is 0 Å². The Hall–Kier alpha value is -2.34. The molecule has 1 aromatic heterocycles. The van der Waals surface area contributed by atoms with Crippen molar-refractivity contribution < 1.29 is 19.4 Å². The number of methoxy groups -OCH3 is 1. The van der Waals surface area contributed by atoms with E-state index in [2.05, 4.69) is 5.32 Å². The third-order valence-corrected chi connectivity index (χ3v) is 3.65. The monoisotopic (exact) mass is 291 g/mol. The van der Waals surface area contributed by atoms with Gasteiger partial charge >= 0.3 is 5.97 Å². The van der Waals surface area contributed by atoms with Gasteiger partial charge in [0.2, 0.25) is 0 Å². The van der Waals surface area contributed by atoms with Crippen LogP contribution in [0.2, 0.25) is 0 Å². The minimum absolute atomic E-state index is 0.0532. The number of ether oxygens (including phenoxy) is 1. The Bertz CT molecular complexity index is 663. The van der Waals surface area contributed by atoms with Crippen molar-refractivity contribution in [1.82, 2.24) is 0 Å². The summed E-state index contributed by atoms with van der Waals surface area (Å²) in [6.07, 6.45) is 0. The molecule has 20 heavy (non-hydrogen) atoms. The topological polar surface area (TPSA) is 75.6 Å². The molecule has 0 saturated heterocycles. The second-order valence-corrected chi connectivity index (χ2v) is 5.37. The molecule has 2 N–H and O–H groups in total. The number of thiophene rings is 1. The number of carbonyl (C=O) groups excluding carboxylic acids is 1. The zero-order valence-electron chi connectivity index (χ0n) is 11.0. The number of carboxylic acid groups (broad SMARTS) is 1. The maximum atomic E-state index is 12.0. The number of hydrogen-bond donors (Lipinski definition) is 2. The van der Waals surface area contributed by atoms with Crippen LogP contribution in [0.4, 0.5) is 5.69 Å². The summed E-state index contributed by atoms with van der Waals surface area (Å²) in [5.74, 6) is -1.10. The summed E-state index contributed by atoms with van der Waals surface area (Å²) in [4.78, 5) is 24.6. The second kappa shape index (κ2) is 5.75. The van der Waals surface area contributed by atoms with Crippen molar-refractivity contribution in [3.05, 3.63) is 45.6 Å². The van der Waals surface area contributed by atoms with E-state index >= 15 is 0 Å². The van der Waals surface area contributed by atoms with Crippen molar-refractivity contribution in [2.45, 2.75) is 6.92 Å². The SMILES string of the molecule is COc1cc(NC(=O)c2ccc(C)s2)ccc1C(=O)O. The van der Waals surface area contributed by atoms with Crippen LogP contribution < -0.4 is 10.1 Å². The van der Waals surface area contributed by atoms with Crippen LogP contribution in [-0.2, 0) is 0 Å². The fraction of sp³-hybridized carbons (Fsp3) is 0.143. The molecule has 0 radical (unpaired) electrons. The molecule has 0 aliphatic rings. The summed E-state index contributed by atoms with van der Waals surface area (Å²) >= 11 is 1.40. The molecule has 0 aliphatic carbocycles. The summed E-state index contributed by atoms with van der Waals surface area (Å²) in [6.45, 7) is 1.92. The van der Waals surface area contributed by atoms with E-state index in [9.17, 15) is 9.59 Å². The third kappa shape index (κ3) is 2.97. The Morgan fingerprint density at radius 1 is 1.25 bits per heavy atom. The van der Waals surface area contributed by atoms with E-state index in [4.69, 9.17) is 9.84 Å². The summed E-state index contributed by atoms with van der Waals surface area (Å²) in [6, 6.07) is 8.04. The number of aromatic carboxylic acids is 1. The zero-order chi connectivity index (χ0) is 14.7. The molecule has 2 rings (SSSR count). The van der Waals surface area contributed by atoms with Crippen molar-refractivity contribution in [3.8, 4) is 5.75 Å². The molecule has 5 nitrogen and oxygen atoms in total. The zero-order valence-corrected chi connectivity index (χ0v) is 11.8. The van der Waals surface area contributed by atoms with E-state index in [-0.39, 0.29) is 17.2 Å². The molecule has 1 aromatic carbocycles. The third-order valence-electron chi connectivity index (χ3n) is 2.65. The Morgan fingerprint density at radius 3 is 2.55 bits per heavy atom. The quantitative estimate of drug-likeness (QED) is 0.908. The lowest BCUT2D eigenvalue weighted by atomic mass is 10.2. The predicted molar refractivity (Wildman–Crippen MR) is 77.0 cm³/mol. The van der Waals surface area contributed by atoms with E-state index in [1.54, 1.807) is 6.07 Å². The summed E-state index contributed by atoms with van der Waals surface area (Å²) in [5.41, 5.74) is 0.542. The van der Waals surface area contributed by atoms with Crippen LogP contribution in [0.15, 0.2) is 30.3 Å². The van der Waals surface area contributed by atoms with Gasteiger partial charge in [-0.25, -0.2) is 4.79 Å². The molecule has 0 fully saturated rings. The minimum atomic E-state index is -1.08. The highest BCUT2D eigenvalue weighted by Gasteiger charge is 2.13. The molecule has 0 bridgehead atoms. The summed E-state index contributed by atoms with van der Waals surface area (Å²) in [5, 5.41) is 11.7. The van der Waals surface area contributed by atoms with E-state index in [0.29, 0.717) is 10.6 Å². The normalized spacial score (nSPS) is 10.1. The smallest absolute Gasteiger partial charge is 0.339 e. The van der Waals surface area contributed by atoms with Crippen LogP contribution in [0.1, 0.15) is 24.9 Å². The lowest BCUT2D eigenvalue weighted by molar-refractivity contribution is 0.0693. The van der Waals surface area contributed by atoms with Gasteiger partial charge < -0.3 is 15.2 Å². The van der Waals surface area contributed by atoms with E-state index in [1.165, 1.54) is 36.6 Å². The largest absolute Gasteiger partial charge is 0.496 e. The van der Waals surface area contributed by atoms with E-state index in [1.807, 2.05) is 13.0 Å². The number of carboxylic acids is 1. The van der Waals surface area contributed by atoms with Crippen LogP contribution in [0.5, 0.6) is 5.75 Å². The van der Waals surface area contributed by atoms with Gasteiger partial charge in [0, 0.05) is 16.6 Å². The minimum Gasteiger partial charge on any atom is -0.496 e. The average molecular weight is 291 g/mol. The van der Waals surface area contributed by atoms with Crippen LogP contribution in [0, 0.1) is 6.92 Å². The molecule has 0 spiro atoms. The lowest BCUT2D eigenvalue weighted by Crippen LogP contribution is -2.10. The summed E-state index contributed by atoms with van der Waals surface area (Å²) in [7, 11) is 1.38. The number of benzene rings is 1. The maximum Gasteiger partial charge on any atom is 0.339 e. The highest BCUT2D eigenvalue weighted by molar-refractivity contribution is 7.14. The molecule has 104 valence electrons. The Kier molecular flexibility index (Phi) is 4.05. The van der Waals surface area contributed by atoms with Crippen LogP contribution >= 0.6 is 11.3 Å². The predicted octanol–water partition coefficient (Wildman–Crippen LogP) is 3.02. The fourth-order valence-electron chi connectivity index (χ4n) is 1.69. The molecule has 1 heterocycles. The first-order chi connectivity index (χ1) is 9.51. The molecule has 0 unspecified atom stereocenters. The molecule has 0 aliphatic heterocycles. The van der Waals surface area contributed by atoms with Crippen molar-refractivity contribution in [2.24, 2.45) is 0 Å². The van der Waals surface area contributed by atoms with Crippen LogP contribution in [-0.4, -0.2) is 24.1 Å². The number of aryl methyl sites for hydroxylation is 1. The Morgan fingerprint density at radius 2 is 2.00 bits per heavy atom. The Balaban J connectivity index is 2.22. The molecule has 0 atom stereocenters. The number of anilines is 1. The highest BCUT2D eigenvalue weighted by atomic mass is 32.1. The summed E-state index contributed by atoms with van der Waals surface area (Å²) < 4.78 is 5.01. The molecular formula is C14H13NO4S. The van der Waals surface area contributed by atoms with E-state index < -0.39 is 5.97 Å². The average Bonchev–Trinajstić information content (AvgIpc) is 2.85. The van der Waals surface area contributed by atoms with Gasteiger partial charge in [-0.15, -0.1) is 11.3 Å². The lowest BCUT2D eigenvalue weighted by Gasteiger charge is -2.08. The van der Waals surface area contributed by atoms with Gasteiger partial charge in [0.25, 0.3) is 5.91 Å². The first-order valence-corrected chi connectivity index (χ1v) is 6.62. The second-order valence-electron chi connectivity index (χ2n) is 4.08. The van der Waals surface area contributed by atoms with Crippen LogP contribution in [0.25, 0.3) is 0 Å². The van der Waals surface area contributed by atoms with Gasteiger partial charge in [-0.05, 0) is 31.2 Å². The van der Waals surface area contributed by atoms with Gasteiger partial charge in [0.15, 0.2) is 0 Å². The number of amides is 1. The van der Waals surface area contributed by atoms with Crippen molar-refractivity contribution in [2.75, 3.05) is 12.4 Å². The van der Waals surface area contributed by atoms with Gasteiger partial charge in [-0.3, -0.25) is 4.79 Å². The molecule has 0 saturated carbocycles. The number of nitrogens with one attached hydrogen (secondary N) is 1. The van der Waals surface area contributed by atoms with Gasteiger partial charge in [0.1, 0.15) is 11.3 Å². The highest BCUT2D eigenvalue weighted by Crippen LogP contribution is 2.24. The fourth-order valence-corrected chi connectivity index (χ4v) is 2.46. The van der Waals surface area contributed by atoms with Crippen molar-refractivity contribution >= 4 is 28.9 Å². The molecule has 6 heteroatoms. The van der Waals surface area contributed by atoms with E-state index in [0.717, 1.165) is 4.88 Å². The molecule has 1 amide bonds. The maximum absolute atomic E-state index is 12.0. The number of carbonyl (C=O) groups is 2. The standard InChI is InChI=1S/C14H13NO4S/c1-8-3-6-12(20-8)13(16)15-9-4-5-10(14(17)18)11(7-9)19-2/h3-7H,1-2H3,(H,15,16)(H,17,18). The van der Waals surface area contributed by atoms with Gasteiger partial charge in [-0.1, -0.05) is 0 Å². The van der Waals surface area contributed by atoms with Gasteiger partial charge in [-0.2, -0.15) is 0 Å².